The SMILES string of the molecule is CC(C)Nc1cnn(CCCC#N)c(=O)c1. The Morgan fingerprint density at radius 3 is 2.94 bits per heavy atom. The number of nitrogens with zero attached hydrogens (tertiary/aromatic N) is 3. The minimum atomic E-state index is -0.136. The van der Waals surface area contributed by atoms with E-state index in [1.807, 2.05) is 19.9 Å². The first-order chi connectivity index (χ1) is 7.63. The van der Waals surface area contributed by atoms with Gasteiger partial charge in [0, 0.05) is 25.1 Å². The van der Waals surface area contributed by atoms with Crippen LogP contribution in [0.4, 0.5) is 5.69 Å². The van der Waals surface area contributed by atoms with Crippen molar-refractivity contribution in [2.45, 2.75) is 39.3 Å². The van der Waals surface area contributed by atoms with Crippen LogP contribution in [0.2, 0.25) is 0 Å². The molecule has 1 aromatic heterocycles. The van der Waals surface area contributed by atoms with Gasteiger partial charge in [0.15, 0.2) is 0 Å². The van der Waals surface area contributed by atoms with Crippen LogP contribution in [0.25, 0.3) is 0 Å². The molecule has 0 aromatic carbocycles. The van der Waals surface area contributed by atoms with Gasteiger partial charge in [-0.1, -0.05) is 0 Å². The van der Waals surface area contributed by atoms with Crippen LogP contribution in [0.15, 0.2) is 17.1 Å². The molecule has 0 aliphatic heterocycles. The fraction of sp³-hybridized carbons (Fsp3) is 0.545. The summed E-state index contributed by atoms with van der Waals surface area (Å²) in [6.07, 6.45) is 2.73. The highest BCUT2D eigenvalue weighted by Crippen LogP contribution is 2.02. The Hall–Kier alpha value is -1.83. The van der Waals surface area contributed by atoms with Crippen molar-refractivity contribution in [1.29, 1.82) is 5.26 Å². The lowest BCUT2D eigenvalue weighted by atomic mass is 10.3. The van der Waals surface area contributed by atoms with Crippen molar-refractivity contribution < 1.29 is 0 Å². The van der Waals surface area contributed by atoms with Crippen molar-refractivity contribution in [2.24, 2.45) is 0 Å². The molecule has 1 aromatic rings. The van der Waals surface area contributed by atoms with Gasteiger partial charge in [-0.25, -0.2) is 4.68 Å². The number of nitriles is 1. The molecular weight excluding hydrogens is 204 g/mol. The molecule has 5 nitrogen and oxygen atoms in total. The first kappa shape index (κ1) is 12.2. The molecule has 0 atom stereocenters. The van der Waals surface area contributed by atoms with Crippen molar-refractivity contribution in [3.05, 3.63) is 22.6 Å². The van der Waals surface area contributed by atoms with Crippen molar-refractivity contribution in [2.75, 3.05) is 5.32 Å². The molecule has 0 amide bonds. The van der Waals surface area contributed by atoms with E-state index in [1.54, 1.807) is 6.20 Å². The topological polar surface area (TPSA) is 70.7 Å². The summed E-state index contributed by atoms with van der Waals surface area (Å²) in [6, 6.07) is 3.84. The minimum Gasteiger partial charge on any atom is -0.381 e. The first-order valence-electron chi connectivity index (χ1n) is 5.34. The maximum atomic E-state index is 11.6. The van der Waals surface area contributed by atoms with E-state index < -0.39 is 0 Å². The fourth-order valence-corrected chi connectivity index (χ4v) is 1.32. The summed E-state index contributed by atoms with van der Waals surface area (Å²) in [5.74, 6) is 0. The standard InChI is InChI=1S/C11H16N4O/c1-9(2)14-10-7-11(16)15(13-8-10)6-4-3-5-12/h7-9,14H,3-4,6H2,1-2H3. The van der Waals surface area contributed by atoms with E-state index in [1.165, 1.54) is 10.7 Å². The largest absolute Gasteiger partial charge is 0.381 e. The van der Waals surface area contributed by atoms with Gasteiger partial charge < -0.3 is 5.32 Å². The van der Waals surface area contributed by atoms with Crippen LogP contribution >= 0.6 is 0 Å². The number of anilines is 1. The molecule has 0 bridgehead atoms. The lowest BCUT2D eigenvalue weighted by Crippen LogP contribution is -2.23. The van der Waals surface area contributed by atoms with E-state index in [2.05, 4.69) is 10.4 Å². The third-order valence-electron chi connectivity index (χ3n) is 1.98. The van der Waals surface area contributed by atoms with E-state index in [0.29, 0.717) is 19.4 Å². The summed E-state index contributed by atoms with van der Waals surface area (Å²) in [5.41, 5.74) is 0.597. The summed E-state index contributed by atoms with van der Waals surface area (Å²) >= 11 is 0. The number of hydrogen-bond acceptors (Lipinski definition) is 4. The predicted octanol–water partition coefficient (Wildman–Crippen LogP) is 1.37. The van der Waals surface area contributed by atoms with Crippen LogP contribution in [-0.2, 0) is 6.54 Å². The summed E-state index contributed by atoms with van der Waals surface area (Å²) in [5, 5.41) is 15.5. The second kappa shape index (κ2) is 5.91. The van der Waals surface area contributed by atoms with Crippen molar-refractivity contribution in [3.63, 3.8) is 0 Å². The van der Waals surface area contributed by atoms with E-state index in [0.717, 1.165) is 5.69 Å². The maximum Gasteiger partial charge on any atom is 0.268 e. The van der Waals surface area contributed by atoms with Crippen molar-refractivity contribution in [3.8, 4) is 6.07 Å². The zero-order chi connectivity index (χ0) is 12.0. The van der Waals surface area contributed by atoms with Gasteiger partial charge in [0.05, 0.1) is 18.0 Å². The summed E-state index contributed by atoms with van der Waals surface area (Å²) in [7, 11) is 0. The zero-order valence-corrected chi connectivity index (χ0v) is 9.60. The highest BCUT2D eigenvalue weighted by Gasteiger charge is 2.00. The molecule has 0 aliphatic rings. The summed E-state index contributed by atoms with van der Waals surface area (Å²) < 4.78 is 1.38. The quantitative estimate of drug-likeness (QED) is 0.761. The molecule has 0 saturated carbocycles. The third kappa shape index (κ3) is 3.73. The second-order valence-corrected chi connectivity index (χ2v) is 3.87. The molecule has 5 heteroatoms. The highest BCUT2D eigenvalue weighted by atomic mass is 16.1. The normalized spacial score (nSPS) is 10.1. The first-order valence-corrected chi connectivity index (χ1v) is 5.34. The molecular formula is C11H16N4O. The third-order valence-corrected chi connectivity index (χ3v) is 1.98. The fourth-order valence-electron chi connectivity index (χ4n) is 1.32. The number of aryl methyl sites for hydroxylation is 1. The van der Waals surface area contributed by atoms with Gasteiger partial charge in [0.25, 0.3) is 5.56 Å². The average molecular weight is 220 g/mol. The van der Waals surface area contributed by atoms with E-state index in [-0.39, 0.29) is 11.6 Å². The van der Waals surface area contributed by atoms with Gasteiger partial charge in [0.1, 0.15) is 0 Å². The molecule has 0 radical (unpaired) electrons. The van der Waals surface area contributed by atoms with Crippen LogP contribution < -0.4 is 10.9 Å². The van der Waals surface area contributed by atoms with E-state index >= 15 is 0 Å². The Bertz CT molecular complexity index is 430. The number of hydrogen-bond donors (Lipinski definition) is 1. The van der Waals surface area contributed by atoms with Crippen molar-refractivity contribution in [1.82, 2.24) is 9.78 Å². The zero-order valence-electron chi connectivity index (χ0n) is 9.60. The van der Waals surface area contributed by atoms with Gasteiger partial charge in [-0.2, -0.15) is 10.4 Å². The second-order valence-electron chi connectivity index (χ2n) is 3.87. The van der Waals surface area contributed by atoms with Crippen LogP contribution in [-0.4, -0.2) is 15.8 Å². The molecule has 86 valence electrons. The van der Waals surface area contributed by atoms with Gasteiger partial charge in [0.2, 0.25) is 0 Å². The van der Waals surface area contributed by atoms with Crippen LogP contribution in [0, 0.1) is 11.3 Å². The molecule has 0 saturated heterocycles. The van der Waals surface area contributed by atoms with Gasteiger partial charge in [-0.15, -0.1) is 0 Å². The Kier molecular flexibility index (Phi) is 4.52. The number of nitrogens with one attached hydrogen (secondary N) is 1. The smallest absolute Gasteiger partial charge is 0.268 e. The summed E-state index contributed by atoms with van der Waals surface area (Å²) in [6.45, 7) is 4.49. The maximum absolute atomic E-state index is 11.6. The summed E-state index contributed by atoms with van der Waals surface area (Å²) in [4.78, 5) is 11.6. The average Bonchev–Trinajstić information content (AvgIpc) is 2.20. The van der Waals surface area contributed by atoms with Gasteiger partial charge in [-0.05, 0) is 20.3 Å². The monoisotopic (exact) mass is 220 g/mol. The molecule has 1 heterocycles. The number of rotatable bonds is 5. The lowest BCUT2D eigenvalue weighted by Gasteiger charge is -2.09. The van der Waals surface area contributed by atoms with E-state index in [9.17, 15) is 4.79 Å². The molecule has 1 rings (SSSR count). The van der Waals surface area contributed by atoms with Crippen LogP contribution in [0.1, 0.15) is 26.7 Å². The Balaban J connectivity index is 2.69. The van der Waals surface area contributed by atoms with Gasteiger partial charge in [-0.3, -0.25) is 4.79 Å². The van der Waals surface area contributed by atoms with E-state index in [4.69, 9.17) is 5.26 Å². The molecule has 0 unspecified atom stereocenters. The molecule has 0 fully saturated rings. The van der Waals surface area contributed by atoms with Crippen molar-refractivity contribution >= 4 is 5.69 Å². The molecule has 16 heavy (non-hydrogen) atoms. The van der Waals surface area contributed by atoms with Crippen LogP contribution in [0.5, 0.6) is 0 Å². The molecule has 1 N–H and O–H groups in total. The number of unbranched alkanes of at least 4 members (excludes halogenated alkanes) is 1. The Morgan fingerprint density at radius 1 is 1.62 bits per heavy atom. The van der Waals surface area contributed by atoms with Crippen LogP contribution in [0.3, 0.4) is 0 Å². The number of aromatic nitrogens is 2. The Labute approximate surface area is 94.7 Å². The molecule has 0 aliphatic carbocycles. The lowest BCUT2D eigenvalue weighted by molar-refractivity contribution is 0.554. The predicted molar refractivity (Wildman–Crippen MR) is 62.1 cm³/mol. The Morgan fingerprint density at radius 2 is 2.38 bits per heavy atom. The minimum absolute atomic E-state index is 0.136. The van der Waals surface area contributed by atoms with Gasteiger partial charge >= 0.3 is 0 Å². The highest BCUT2D eigenvalue weighted by molar-refractivity contribution is 5.39. The molecule has 0 spiro atoms.